The van der Waals surface area contributed by atoms with Crippen molar-refractivity contribution in [3.63, 3.8) is 0 Å². The highest BCUT2D eigenvalue weighted by Crippen LogP contribution is 2.29. The SMILES string of the molecule is Cc1cccc(-c2nc(CSc3nnc(COc4cc(C)ccc4Cl)n3C)cs2)c1. The fourth-order valence-electron chi connectivity index (χ4n) is 2.88. The maximum absolute atomic E-state index is 6.20. The smallest absolute Gasteiger partial charge is 0.191 e. The van der Waals surface area contributed by atoms with E-state index in [0.717, 1.165) is 38.6 Å². The number of aromatic nitrogens is 4. The van der Waals surface area contributed by atoms with E-state index < -0.39 is 0 Å². The molecule has 0 atom stereocenters. The molecule has 0 amide bonds. The summed E-state index contributed by atoms with van der Waals surface area (Å²) in [5.41, 5.74) is 4.52. The third kappa shape index (κ3) is 4.86. The molecule has 0 aliphatic heterocycles. The lowest BCUT2D eigenvalue weighted by molar-refractivity contribution is 0.290. The zero-order valence-corrected chi connectivity index (χ0v) is 19.3. The van der Waals surface area contributed by atoms with Crippen molar-refractivity contribution in [3.05, 3.63) is 75.5 Å². The van der Waals surface area contributed by atoms with Gasteiger partial charge in [0.25, 0.3) is 0 Å². The van der Waals surface area contributed by atoms with Gasteiger partial charge in [-0.15, -0.1) is 21.5 Å². The quantitative estimate of drug-likeness (QED) is 0.315. The second kappa shape index (κ2) is 9.20. The van der Waals surface area contributed by atoms with E-state index in [9.17, 15) is 0 Å². The Bertz CT molecular complexity index is 1170. The van der Waals surface area contributed by atoms with E-state index in [2.05, 4.69) is 46.8 Å². The summed E-state index contributed by atoms with van der Waals surface area (Å²) in [5, 5.41) is 13.1. The molecule has 0 saturated heterocycles. The summed E-state index contributed by atoms with van der Waals surface area (Å²) in [7, 11) is 1.94. The van der Waals surface area contributed by atoms with Crippen LogP contribution in [-0.4, -0.2) is 19.7 Å². The third-order valence-electron chi connectivity index (χ3n) is 4.53. The highest BCUT2D eigenvalue weighted by atomic mass is 35.5. The molecule has 8 heteroatoms. The van der Waals surface area contributed by atoms with Crippen LogP contribution in [0.2, 0.25) is 5.02 Å². The lowest BCUT2D eigenvalue weighted by atomic mass is 10.1. The molecule has 0 aliphatic rings. The number of halogens is 1. The first-order valence-corrected chi connectivity index (χ1v) is 11.7. The highest BCUT2D eigenvalue weighted by molar-refractivity contribution is 7.98. The van der Waals surface area contributed by atoms with E-state index >= 15 is 0 Å². The predicted molar refractivity (Wildman–Crippen MR) is 123 cm³/mol. The average Bonchev–Trinajstić information content (AvgIpc) is 3.34. The molecule has 154 valence electrons. The summed E-state index contributed by atoms with van der Waals surface area (Å²) < 4.78 is 7.79. The zero-order valence-electron chi connectivity index (χ0n) is 16.9. The summed E-state index contributed by atoms with van der Waals surface area (Å²) in [4.78, 5) is 4.77. The Morgan fingerprint density at radius 3 is 2.77 bits per heavy atom. The van der Waals surface area contributed by atoms with Gasteiger partial charge in [-0.3, -0.25) is 0 Å². The summed E-state index contributed by atoms with van der Waals surface area (Å²) in [6, 6.07) is 14.1. The molecule has 0 fully saturated rings. The number of nitrogens with zero attached hydrogens (tertiary/aromatic N) is 4. The molecular formula is C22H21ClN4OS2. The van der Waals surface area contributed by atoms with E-state index in [-0.39, 0.29) is 0 Å². The summed E-state index contributed by atoms with van der Waals surface area (Å²) in [6.45, 7) is 4.40. The van der Waals surface area contributed by atoms with Crippen molar-refractivity contribution >= 4 is 34.7 Å². The maximum atomic E-state index is 6.20. The Morgan fingerprint density at radius 2 is 1.93 bits per heavy atom. The summed E-state index contributed by atoms with van der Waals surface area (Å²) in [6.07, 6.45) is 0. The van der Waals surface area contributed by atoms with Crippen molar-refractivity contribution in [1.29, 1.82) is 0 Å². The fourth-order valence-corrected chi connectivity index (χ4v) is 4.80. The van der Waals surface area contributed by atoms with Crippen molar-refractivity contribution in [3.8, 4) is 16.3 Å². The Labute approximate surface area is 189 Å². The van der Waals surface area contributed by atoms with Gasteiger partial charge in [-0.1, -0.05) is 53.2 Å². The largest absolute Gasteiger partial charge is 0.484 e. The van der Waals surface area contributed by atoms with Gasteiger partial charge in [0.1, 0.15) is 17.4 Å². The molecule has 0 radical (unpaired) electrons. The Balaban J connectivity index is 1.38. The van der Waals surface area contributed by atoms with Crippen LogP contribution in [0.15, 0.2) is 53.0 Å². The summed E-state index contributed by atoms with van der Waals surface area (Å²) >= 11 is 9.48. The van der Waals surface area contributed by atoms with Gasteiger partial charge < -0.3 is 9.30 Å². The first kappa shape index (κ1) is 20.9. The number of thioether (sulfide) groups is 1. The minimum absolute atomic E-state index is 0.307. The normalized spacial score (nSPS) is 11.1. The number of rotatable bonds is 7. The van der Waals surface area contributed by atoms with Crippen LogP contribution < -0.4 is 4.74 Å². The molecule has 0 aliphatic carbocycles. The van der Waals surface area contributed by atoms with Gasteiger partial charge in [0.05, 0.1) is 10.7 Å². The van der Waals surface area contributed by atoms with E-state index in [1.165, 1.54) is 5.56 Å². The molecule has 4 rings (SSSR count). The Morgan fingerprint density at radius 1 is 1.10 bits per heavy atom. The van der Waals surface area contributed by atoms with Gasteiger partial charge in [-0.2, -0.15) is 0 Å². The van der Waals surface area contributed by atoms with Gasteiger partial charge in [0, 0.05) is 23.7 Å². The molecule has 5 nitrogen and oxygen atoms in total. The Hall–Kier alpha value is -2.35. The second-order valence-corrected chi connectivity index (χ2v) is 9.19. The molecule has 4 aromatic rings. The number of thiazole rings is 1. The number of benzene rings is 2. The van der Waals surface area contributed by atoms with E-state index in [4.69, 9.17) is 21.3 Å². The lowest BCUT2D eigenvalue weighted by Crippen LogP contribution is -2.04. The van der Waals surface area contributed by atoms with Crippen LogP contribution in [0.4, 0.5) is 0 Å². The molecule has 2 aromatic carbocycles. The van der Waals surface area contributed by atoms with Gasteiger partial charge >= 0.3 is 0 Å². The minimum atomic E-state index is 0.307. The van der Waals surface area contributed by atoms with Crippen molar-refractivity contribution < 1.29 is 4.74 Å². The van der Waals surface area contributed by atoms with Crippen LogP contribution in [0.3, 0.4) is 0 Å². The molecule has 2 aromatic heterocycles. The van der Waals surface area contributed by atoms with Gasteiger partial charge in [0.2, 0.25) is 0 Å². The van der Waals surface area contributed by atoms with Crippen LogP contribution in [-0.2, 0) is 19.4 Å². The standard InChI is InChI=1S/C22H21ClN4OS2/c1-14-5-4-6-16(9-14)21-24-17(12-29-21)13-30-22-26-25-20(27(22)3)11-28-19-10-15(2)7-8-18(19)23/h4-10,12H,11,13H2,1-3H3. The molecule has 0 bridgehead atoms. The maximum Gasteiger partial charge on any atom is 0.191 e. The van der Waals surface area contributed by atoms with E-state index in [1.54, 1.807) is 23.1 Å². The first-order chi connectivity index (χ1) is 14.5. The van der Waals surface area contributed by atoms with Crippen molar-refractivity contribution in [2.45, 2.75) is 31.4 Å². The topological polar surface area (TPSA) is 52.8 Å². The minimum Gasteiger partial charge on any atom is -0.484 e. The van der Waals surface area contributed by atoms with Crippen LogP contribution in [0.25, 0.3) is 10.6 Å². The number of hydrogen-bond donors (Lipinski definition) is 0. The highest BCUT2D eigenvalue weighted by Gasteiger charge is 2.13. The molecule has 0 unspecified atom stereocenters. The van der Waals surface area contributed by atoms with Crippen molar-refractivity contribution in [1.82, 2.24) is 19.7 Å². The first-order valence-electron chi connectivity index (χ1n) is 9.41. The van der Waals surface area contributed by atoms with Gasteiger partial charge in [-0.05, 0) is 37.6 Å². The fraction of sp³-hybridized carbons (Fsp3) is 0.227. The molecule has 2 heterocycles. The van der Waals surface area contributed by atoms with E-state index in [0.29, 0.717) is 17.4 Å². The monoisotopic (exact) mass is 456 g/mol. The zero-order chi connectivity index (χ0) is 21.1. The van der Waals surface area contributed by atoms with Crippen LogP contribution in [0.1, 0.15) is 22.6 Å². The second-order valence-electron chi connectivity index (χ2n) is 6.98. The van der Waals surface area contributed by atoms with Crippen LogP contribution >= 0.6 is 34.7 Å². The number of hydrogen-bond acceptors (Lipinski definition) is 6. The van der Waals surface area contributed by atoms with Crippen molar-refractivity contribution in [2.24, 2.45) is 7.05 Å². The third-order valence-corrected chi connectivity index (χ3v) is 6.84. The molecule has 0 spiro atoms. The van der Waals surface area contributed by atoms with Crippen LogP contribution in [0, 0.1) is 13.8 Å². The molecule has 30 heavy (non-hydrogen) atoms. The Kier molecular flexibility index (Phi) is 6.41. The molecular weight excluding hydrogens is 436 g/mol. The lowest BCUT2D eigenvalue weighted by Gasteiger charge is -2.08. The summed E-state index contributed by atoms with van der Waals surface area (Å²) in [5.74, 6) is 2.13. The van der Waals surface area contributed by atoms with Crippen molar-refractivity contribution in [2.75, 3.05) is 0 Å². The average molecular weight is 457 g/mol. The molecule has 0 saturated carbocycles. The van der Waals surface area contributed by atoms with Gasteiger partial charge in [-0.25, -0.2) is 4.98 Å². The van der Waals surface area contributed by atoms with Gasteiger partial charge in [0.15, 0.2) is 11.0 Å². The number of aryl methyl sites for hydroxylation is 2. The molecule has 0 N–H and O–H groups in total. The number of ether oxygens (including phenoxy) is 1. The predicted octanol–water partition coefficient (Wildman–Crippen LogP) is 6.08. The van der Waals surface area contributed by atoms with E-state index in [1.807, 2.05) is 36.7 Å². The van der Waals surface area contributed by atoms with Crippen LogP contribution in [0.5, 0.6) is 5.75 Å².